The van der Waals surface area contributed by atoms with E-state index in [1.807, 2.05) is 24.3 Å². The highest BCUT2D eigenvalue weighted by Gasteiger charge is 2.25. The van der Waals surface area contributed by atoms with E-state index in [2.05, 4.69) is 187 Å². The van der Waals surface area contributed by atoms with Gasteiger partial charge in [0, 0.05) is 32.7 Å². The highest BCUT2D eigenvalue weighted by molar-refractivity contribution is 6.16. The molecule has 5 heteroatoms. The van der Waals surface area contributed by atoms with Crippen LogP contribution in [0.3, 0.4) is 0 Å². The maximum atomic E-state index is 6.90. The van der Waals surface area contributed by atoms with Crippen molar-refractivity contribution in [3.8, 4) is 62.1 Å². The first kappa shape index (κ1) is 33.9. The van der Waals surface area contributed by atoms with Crippen LogP contribution >= 0.6 is 0 Å². The van der Waals surface area contributed by atoms with Crippen molar-refractivity contribution in [2.45, 2.75) is 0 Å². The molecule has 280 valence electrons. The minimum Gasteiger partial charge on any atom is -0.455 e. The van der Waals surface area contributed by atoms with E-state index in [9.17, 15) is 0 Å². The summed E-state index contributed by atoms with van der Waals surface area (Å²) in [7, 11) is 0. The number of rotatable bonds is 6. The largest absolute Gasteiger partial charge is 0.455 e. The molecule has 0 fully saturated rings. The zero-order valence-electron chi connectivity index (χ0n) is 32.3. The SMILES string of the molecule is c1ccc(-c2cccc(-c3nc(-c4cccc(-c5ccccc5)c4)nc(-c4c(-n5c6ccccc6c6cc7ccccc7cc65)ccc5c4oc4ccccc45)n3)c2)cc1. The number of aromatic nitrogens is 4. The number of para-hydroxylation sites is 2. The van der Waals surface area contributed by atoms with Crippen LogP contribution in [0.1, 0.15) is 0 Å². The summed E-state index contributed by atoms with van der Waals surface area (Å²) < 4.78 is 9.26. The fourth-order valence-corrected chi connectivity index (χ4v) is 8.78. The molecule has 0 saturated heterocycles. The van der Waals surface area contributed by atoms with Crippen molar-refractivity contribution in [3.05, 3.63) is 206 Å². The molecule has 3 heterocycles. The van der Waals surface area contributed by atoms with Gasteiger partial charge in [0.05, 0.1) is 22.3 Å². The Morgan fingerprint density at radius 3 is 1.55 bits per heavy atom. The average molecular weight is 767 g/mol. The van der Waals surface area contributed by atoms with Crippen molar-refractivity contribution >= 4 is 54.5 Å². The minimum atomic E-state index is 0.525. The van der Waals surface area contributed by atoms with Gasteiger partial charge in [-0.3, -0.25) is 0 Å². The second-order valence-electron chi connectivity index (χ2n) is 15.2. The molecule has 0 aliphatic heterocycles. The molecule has 5 nitrogen and oxygen atoms in total. The highest BCUT2D eigenvalue weighted by Crippen LogP contribution is 2.43. The number of furan rings is 1. The predicted octanol–water partition coefficient (Wildman–Crippen LogP) is 14.4. The van der Waals surface area contributed by atoms with Crippen LogP contribution in [0.2, 0.25) is 0 Å². The molecule has 0 bridgehead atoms. The number of benzene rings is 9. The third kappa shape index (κ3) is 5.59. The quantitative estimate of drug-likeness (QED) is 0.169. The van der Waals surface area contributed by atoms with Crippen molar-refractivity contribution < 1.29 is 4.42 Å². The average Bonchev–Trinajstić information content (AvgIpc) is 3.86. The zero-order chi connectivity index (χ0) is 39.6. The molecule has 3 aromatic heterocycles. The number of fused-ring (bicyclic) bond motifs is 7. The van der Waals surface area contributed by atoms with Gasteiger partial charge in [0.25, 0.3) is 0 Å². The lowest BCUT2D eigenvalue weighted by Crippen LogP contribution is -2.04. The molecule has 60 heavy (non-hydrogen) atoms. The van der Waals surface area contributed by atoms with Crippen LogP contribution in [0.25, 0.3) is 117 Å². The molecule has 0 unspecified atom stereocenters. The topological polar surface area (TPSA) is 56.7 Å². The molecular weight excluding hydrogens is 733 g/mol. The van der Waals surface area contributed by atoms with Gasteiger partial charge in [-0.15, -0.1) is 0 Å². The van der Waals surface area contributed by atoms with Crippen molar-refractivity contribution in [1.29, 1.82) is 0 Å². The highest BCUT2D eigenvalue weighted by atomic mass is 16.3. The Morgan fingerprint density at radius 1 is 0.333 bits per heavy atom. The molecule has 0 atom stereocenters. The van der Waals surface area contributed by atoms with E-state index in [0.717, 1.165) is 77.6 Å². The van der Waals surface area contributed by atoms with Gasteiger partial charge < -0.3 is 8.98 Å². The molecule has 0 amide bonds. The summed E-state index contributed by atoms with van der Waals surface area (Å²) in [5, 5.41) is 6.74. The first-order valence-corrected chi connectivity index (χ1v) is 20.2. The fraction of sp³-hybridized carbons (Fsp3) is 0. The molecule has 12 rings (SSSR count). The third-order valence-electron chi connectivity index (χ3n) is 11.6. The summed E-state index contributed by atoms with van der Waals surface area (Å²) in [4.78, 5) is 16.1. The Labute approximate surface area is 345 Å². The predicted molar refractivity (Wildman–Crippen MR) is 246 cm³/mol. The minimum absolute atomic E-state index is 0.525. The Kier molecular flexibility index (Phi) is 7.78. The normalized spacial score (nSPS) is 11.7. The van der Waals surface area contributed by atoms with E-state index in [1.165, 1.54) is 21.5 Å². The van der Waals surface area contributed by atoms with Crippen LogP contribution < -0.4 is 0 Å². The van der Waals surface area contributed by atoms with Crippen molar-refractivity contribution in [3.63, 3.8) is 0 Å². The van der Waals surface area contributed by atoms with Gasteiger partial charge in [-0.2, -0.15) is 0 Å². The lowest BCUT2D eigenvalue weighted by Gasteiger charge is -2.16. The van der Waals surface area contributed by atoms with Crippen LogP contribution in [-0.4, -0.2) is 19.5 Å². The lowest BCUT2D eigenvalue weighted by molar-refractivity contribution is 0.669. The molecule has 0 aliphatic rings. The van der Waals surface area contributed by atoms with Crippen LogP contribution in [0.4, 0.5) is 0 Å². The second-order valence-corrected chi connectivity index (χ2v) is 15.2. The van der Waals surface area contributed by atoms with E-state index in [1.54, 1.807) is 0 Å². The first-order chi connectivity index (χ1) is 29.7. The summed E-state index contributed by atoms with van der Waals surface area (Å²) >= 11 is 0. The Balaban J connectivity index is 1.18. The standard InChI is InChI=1S/C55H34N4O/c1-3-15-35(16-4-1)37-21-13-23-41(31-37)53-56-54(42-24-14-22-38(32-42)36-17-5-2-6-18-36)58-55(57-53)51-48(30-29-45-44-26-10-12-28-50(44)60-52(45)51)59-47-27-11-9-25-43(47)46-33-39-19-7-8-20-40(39)34-49(46)59/h1-34H. The van der Waals surface area contributed by atoms with Gasteiger partial charge in [0.1, 0.15) is 11.2 Å². The van der Waals surface area contributed by atoms with E-state index >= 15 is 0 Å². The molecular formula is C55H34N4O. The zero-order valence-corrected chi connectivity index (χ0v) is 32.3. The van der Waals surface area contributed by atoms with Gasteiger partial charge in [0.2, 0.25) is 0 Å². The van der Waals surface area contributed by atoms with Gasteiger partial charge in [-0.25, -0.2) is 15.0 Å². The maximum absolute atomic E-state index is 6.90. The maximum Gasteiger partial charge on any atom is 0.170 e. The van der Waals surface area contributed by atoms with Gasteiger partial charge in [-0.1, -0.05) is 158 Å². The number of hydrogen-bond acceptors (Lipinski definition) is 4. The summed E-state index contributed by atoms with van der Waals surface area (Å²) in [6, 6.07) is 72.1. The Morgan fingerprint density at radius 2 is 0.867 bits per heavy atom. The number of hydrogen-bond donors (Lipinski definition) is 0. The Hall–Kier alpha value is -8.15. The molecule has 0 radical (unpaired) electrons. The summed E-state index contributed by atoms with van der Waals surface area (Å²) in [5.74, 6) is 1.67. The second kappa shape index (κ2) is 13.8. The fourth-order valence-electron chi connectivity index (χ4n) is 8.78. The van der Waals surface area contributed by atoms with E-state index in [0.29, 0.717) is 17.5 Å². The van der Waals surface area contributed by atoms with Crippen LogP contribution in [0.15, 0.2) is 211 Å². The van der Waals surface area contributed by atoms with E-state index in [4.69, 9.17) is 19.4 Å². The van der Waals surface area contributed by atoms with Crippen LogP contribution in [0.5, 0.6) is 0 Å². The lowest BCUT2D eigenvalue weighted by atomic mass is 10.0. The summed E-state index contributed by atoms with van der Waals surface area (Å²) in [5.41, 5.74) is 11.6. The summed E-state index contributed by atoms with van der Waals surface area (Å²) in [6.07, 6.45) is 0. The van der Waals surface area contributed by atoms with Crippen LogP contribution in [-0.2, 0) is 0 Å². The van der Waals surface area contributed by atoms with E-state index < -0.39 is 0 Å². The first-order valence-electron chi connectivity index (χ1n) is 20.2. The number of nitrogens with zero attached hydrogens (tertiary/aromatic N) is 4. The van der Waals surface area contributed by atoms with Crippen molar-refractivity contribution in [2.24, 2.45) is 0 Å². The van der Waals surface area contributed by atoms with Crippen molar-refractivity contribution in [1.82, 2.24) is 19.5 Å². The molecule has 0 spiro atoms. The van der Waals surface area contributed by atoms with Gasteiger partial charge >= 0.3 is 0 Å². The van der Waals surface area contributed by atoms with Gasteiger partial charge in [0.15, 0.2) is 17.5 Å². The molecule has 0 aliphatic carbocycles. The molecule has 9 aromatic carbocycles. The van der Waals surface area contributed by atoms with E-state index in [-0.39, 0.29) is 0 Å². The van der Waals surface area contributed by atoms with Crippen molar-refractivity contribution in [2.75, 3.05) is 0 Å². The molecule has 12 aromatic rings. The van der Waals surface area contributed by atoms with Crippen LogP contribution in [0, 0.1) is 0 Å². The Bertz CT molecular complexity index is 3500. The monoisotopic (exact) mass is 766 g/mol. The summed E-state index contributed by atoms with van der Waals surface area (Å²) in [6.45, 7) is 0. The third-order valence-corrected chi connectivity index (χ3v) is 11.6. The van der Waals surface area contributed by atoms with Gasteiger partial charge in [-0.05, 0) is 81.6 Å². The molecule has 0 N–H and O–H groups in total. The smallest absolute Gasteiger partial charge is 0.170 e. The molecule has 0 saturated carbocycles.